The summed E-state index contributed by atoms with van der Waals surface area (Å²) >= 11 is 0. The Balaban J connectivity index is 2.38. The van der Waals surface area contributed by atoms with Gasteiger partial charge < -0.3 is 25.1 Å². The topological polar surface area (TPSA) is 142 Å². The molecular weight excluding hydrogens is 490 g/mol. The summed E-state index contributed by atoms with van der Waals surface area (Å²) in [4.78, 5) is 49.1. The van der Waals surface area contributed by atoms with Crippen LogP contribution in [-0.4, -0.2) is 41.6 Å². The third kappa shape index (κ3) is 9.30. The number of hydrogen-bond acceptors (Lipinski definition) is 8. The van der Waals surface area contributed by atoms with Crippen molar-refractivity contribution in [3.8, 4) is 11.5 Å². The first-order valence-electron chi connectivity index (χ1n) is 12.6. The molecule has 0 saturated carbocycles. The van der Waals surface area contributed by atoms with E-state index in [9.17, 15) is 24.3 Å². The van der Waals surface area contributed by atoms with Gasteiger partial charge in [-0.05, 0) is 47.6 Å². The highest BCUT2D eigenvalue weighted by atomic mass is 16.6. The van der Waals surface area contributed by atoms with E-state index in [1.807, 2.05) is 27.7 Å². The third-order valence-electron chi connectivity index (χ3n) is 5.72. The van der Waals surface area contributed by atoms with E-state index in [1.54, 1.807) is 43.3 Å². The number of rotatable bonds is 13. The number of hydrogen-bond donors (Lipinski definition) is 2. The molecule has 0 aromatic heterocycles. The second-order valence-corrected chi connectivity index (χ2v) is 10.2. The molecule has 9 nitrogen and oxygen atoms in total. The van der Waals surface area contributed by atoms with Gasteiger partial charge in [-0.2, -0.15) is 0 Å². The molecule has 0 heterocycles. The molecule has 38 heavy (non-hydrogen) atoms. The Morgan fingerprint density at radius 1 is 0.816 bits per heavy atom. The average Bonchev–Trinajstić information content (AvgIpc) is 2.83. The van der Waals surface area contributed by atoms with E-state index in [4.69, 9.17) is 19.9 Å². The molecule has 9 heteroatoms. The zero-order chi connectivity index (χ0) is 28.4. The summed E-state index contributed by atoms with van der Waals surface area (Å²) in [6.45, 7) is 9.08. The first-order chi connectivity index (χ1) is 17.9. The average molecular weight is 528 g/mol. The Morgan fingerprint density at radius 2 is 1.37 bits per heavy atom. The van der Waals surface area contributed by atoms with Gasteiger partial charge in [-0.1, -0.05) is 58.9 Å². The summed E-state index contributed by atoms with van der Waals surface area (Å²) in [5.74, 6) is -4.03. The predicted molar refractivity (Wildman–Crippen MR) is 141 cm³/mol. The number of nitrogens with two attached hydrogens (primary N) is 1. The van der Waals surface area contributed by atoms with Crippen LogP contribution in [0.3, 0.4) is 0 Å². The van der Waals surface area contributed by atoms with E-state index in [2.05, 4.69) is 0 Å². The minimum atomic E-state index is -1.35. The predicted octanol–water partition coefficient (Wildman–Crippen LogP) is 4.58. The van der Waals surface area contributed by atoms with E-state index in [1.165, 1.54) is 12.1 Å². The van der Waals surface area contributed by atoms with E-state index < -0.39 is 41.8 Å². The van der Waals surface area contributed by atoms with E-state index >= 15 is 0 Å². The van der Waals surface area contributed by atoms with Crippen molar-refractivity contribution in [1.29, 1.82) is 0 Å². The molecular formula is C29H37NO8. The molecule has 2 rings (SSSR count). The molecule has 2 aromatic rings. The van der Waals surface area contributed by atoms with E-state index in [0.717, 1.165) is 0 Å². The van der Waals surface area contributed by atoms with Crippen LogP contribution in [0.4, 0.5) is 0 Å². The SMILES string of the molecule is CC(C)CC(=O)Oc1ccc(C(C(C)COC(=O)c2ccccc2)[C@H](N)C(=O)O)cc1OC(=O)CC(C)C. The van der Waals surface area contributed by atoms with Crippen LogP contribution in [0.2, 0.25) is 0 Å². The fraction of sp³-hybridized carbons (Fsp3) is 0.448. The van der Waals surface area contributed by atoms with Gasteiger partial charge in [-0.25, -0.2) is 4.79 Å². The van der Waals surface area contributed by atoms with Crippen LogP contribution in [0.15, 0.2) is 48.5 Å². The lowest BCUT2D eigenvalue weighted by Gasteiger charge is -2.28. The number of ether oxygens (including phenoxy) is 3. The Morgan fingerprint density at radius 3 is 1.89 bits per heavy atom. The van der Waals surface area contributed by atoms with Crippen molar-refractivity contribution in [1.82, 2.24) is 0 Å². The standard InChI is InChI=1S/C29H37NO8/c1-17(2)13-24(31)37-22-12-11-21(15-23(22)38-25(32)14-18(3)4)26(27(30)28(33)34)19(5)16-36-29(35)20-9-7-6-8-10-20/h6-12,15,17-19,26-27H,13-14,16,30H2,1-5H3,(H,33,34)/t19?,26?,27-/m0/s1. The largest absolute Gasteiger partial charge is 0.480 e. The smallest absolute Gasteiger partial charge is 0.338 e. The molecule has 0 bridgehead atoms. The van der Waals surface area contributed by atoms with Gasteiger partial charge >= 0.3 is 23.9 Å². The Hall–Kier alpha value is -3.72. The number of esters is 3. The van der Waals surface area contributed by atoms with Crippen molar-refractivity contribution in [2.45, 2.75) is 59.4 Å². The molecule has 0 fully saturated rings. The minimum Gasteiger partial charge on any atom is -0.480 e. The first kappa shape index (κ1) is 30.5. The van der Waals surface area contributed by atoms with Gasteiger partial charge in [0, 0.05) is 18.8 Å². The third-order valence-corrected chi connectivity index (χ3v) is 5.72. The molecule has 2 unspecified atom stereocenters. The van der Waals surface area contributed by atoms with Crippen LogP contribution >= 0.6 is 0 Å². The van der Waals surface area contributed by atoms with Crippen molar-refractivity contribution in [3.63, 3.8) is 0 Å². The lowest BCUT2D eigenvalue weighted by Crippen LogP contribution is -2.40. The lowest BCUT2D eigenvalue weighted by atomic mass is 9.82. The molecule has 2 aromatic carbocycles. The van der Waals surface area contributed by atoms with Gasteiger partial charge in [-0.3, -0.25) is 14.4 Å². The summed E-state index contributed by atoms with van der Waals surface area (Å²) in [7, 11) is 0. The molecule has 0 aliphatic rings. The summed E-state index contributed by atoms with van der Waals surface area (Å²) in [5, 5.41) is 9.70. The maximum absolute atomic E-state index is 12.5. The molecule has 0 aliphatic heterocycles. The van der Waals surface area contributed by atoms with Crippen LogP contribution in [-0.2, 0) is 19.1 Å². The van der Waals surface area contributed by atoms with Crippen LogP contribution in [0, 0.1) is 17.8 Å². The number of carbonyl (C=O) groups is 4. The molecule has 0 radical (unpaired) electrons. The van der Waals surface area contributed by atoms with Gasteiger partial charge in [0.2, 0.25) is 0 Å². The fourth-order valence-corrected chi connectivity index (χ4v) is 3.90. The molecule has 0 amide bonds. The molecule has 206 valence electrons. The number of carboxylic acids is 1. The van der Waals surface area contributed by atoms with Crippen molar-refractivity contribution in [3.05, 3.63) is 59.7 Å². The second-order valence-electron chi connectivity index (χ2n) is 10.2. The zero-order valence-electron chi connectivity index (χ0n) is 22.5. The van der Waals surface area contributed by atoms with Crippen LogP contribution in [0.5, 0.6) is 11.5 Å². The highest BCUT2D eigenvalue weighted by Gasteiger charge is 2.33. The van der Waals surface area contributed by atoms with Crippen LogP contribution in [0.1, 0.15) is 69.3 Å². The Bertz CT molecular complexity index is 1110. The summed E-state index contributed by atoms with van der Waals surface area (Å²) in [5.41, 5.74) is 6.87. The summed E-state index contributed by atoms with van der Waals surface area (Å²) in [6.07, 6.45) is 0.297. The molecule has 3 atom stereocenters. The summed E-state index contributed by atoms with van der Waals surface area (Å²) in [6, 6.07) is 11.6. The highest BCUT2D eigenvalue weighted by Crippen LogP contribution is 2.36. The molecule has 0 aliphatic carbocycles. The van der Waals surface area contributed by atoms with E-state index in [0.29, 0.717) is 11.1 Å². The van der Waals surface area contributed by atoms with Gasteiger partial charge in [0.05, 0.1) is 12.2 Å². The molecule has 0 spiro atoms. The highest BCUT2D eigenvalue weighted by molar-refractivity contribution is 5.89. The van der Waals surface area contributed by atoms with Crippen LogP contribution < -0.4 is 15.2 Å². The number of carboxylic acid groups (broad SMARTS) is 1. The number of benzene rings is 2. The van der Waals surface area contributed by atoms with Gasteiger partial charge in [0.25, 0.3) is 0 Å². The minimum absolute atomic E-state index is 0.0127. The lowest BCUT2D eigenvalue weighted by molar-refractivity contribution is -0.139. The van der Waals surface area contributed by atoms with Crippen LogP contribution in [0.25, 0.3) is 0 Å². The Labute approximate surface area is 223 Å². The summed E-state index contributed by atoms with van der Waals surface area (Å²) < 4.78 is 16.4. The maximum atomic E-state index is 12.5. The van der Waals surface area contributed by atoms with Crippen molar-refractivity contribution in [2.75, 3.05) is 6.61 Å². The van der Waals surface area contributed by atoms with E-state index in [-0.39, 0.29) is 42.8 Å². The number of aliphatic carboxylic acids is 1. The molecule has 3 N–H and O–H groups in total. The van der Waals surface area contributed by atoms with Crippen molar-refractivity contribution in [2.24, 2.45) is 23.5 Å². The zero-order valence-corrected chi connectivity index (χ0v) is 22.5. The van der Waals surface area contributed by atoms with Gasteiger partial charge in [-0.15, -0.1) is 0 Å². The molecule has 0 saturated heterocycles. The first-order valence-corrected chi connectivity index (χ1v) is 12.6. The normalized spacial score (nSPS) is 13.5. The quantitative estimate of drug-likeness (QED) is 0.283. The monoisotopic (exact) mass is 527 g/mol. The van der Waals surface area contributed by atoms with Gasteiger partial charge in [0.1, 0.15) is 6.04 Å². The maximum Gasteiger partial charge on any atom is 0.338 e. The Kier molecular flexibility index (Phi) is 11.5. The van der Waals surface area contributed by atoms with Gasteiger partial charge in [0.15, 0.2) is 11.5 Å². The second kappa shape index (κ2) is 14.3. The fourth-order valence-electron chi connectivity index (χ4n) is 3.90. The number of carbonyl (C=O) groups excluding carboxylic acids is 3. The van der Waals surface area contributed by atoms with Crippen molar-refractivity contribution < 1.29 is 38.5 Å². The van der Waals surface area contributed by atoms with Crippen molar-refractivity contribution >= 4 is 23.9 Å².